The lowest BCUT2D eigenvalue weighted by molar-refractivity contribution is -0.385. The van der Waals surface area contributed by atoms with Gasteiger partial charge in [-0.1, -0.05) is 12.8 Å². The number of unbranched alkanes of at least 4 members (excludes halogenated alkanes) is 3. The molecule has 1 amide bonds. The molecule has 1 rings (SSSR count). The summed E-state index contributed by atoms with van der Waals surface area (Å²) in [7, 11) is 0. The Morgan fingerprint density at radius 2 is 2.05 bits per heavy atom. The number of rotatable bonds is 9. The Kier molecular flexibility index (Phi) is 8.37. The molecule has 0 saturated carbocycles. The van der Waals surface area contributed by atoms with E-state index in [0.717, 1.165) is 12.8 Å². The second-order valence-corrected chi connectivity index (χ2v) is 6.43. The molecule has 0 unspecified atom stereocenters. The zero-order valence-electron chi connectivity index (χ0n) is 11.9. The number of thioether (sulfide) groups is 1. The molecule has 7 heteroatoms. The van der Waals surface area contributed by atoms with Crippen molar-refractivity contribution in [2.75, 3.05) is 18.6 Å². The third-order valence-corrected chi connectivity index (χ3v) is 4.33. The molecule has 116 valence electrons. The summed E-state index contributed by atoms with van der Waals surface area (Å²) in [4.78, 5) is 22.2. The number of hydrogen-bond acceptors (Lipinski definition) is 4. The molecular formula is C14H19BrN2O3S. The van der Waals surface area contributed by atoms with Gasteiger partial charge in [0.2, 0.25) is 0 Å². The number of benzene rings is 1. The minimum absolute atomic E-state index is 0.0975. The van der Waals surface area contributed by atoms with Gasteiger partial charge in [0.05, 0.1) is 9.40 Å². The van der Waals surface area contributed by atoms with Gasteiger partial charge in [0.25, 0.3) is 11.6 Å². The first kappa shape index (κ1) is 18.0. The molecule has 1 aromatic rings. The minimum atomic E-state index is -0.507. The van der Waals surface area contributed by atoms with Crippen LogP contribution >= 0.6 is 27.7 Å². The molecule has 0 saturated heterocycles. The van der Waals surface area contributed by atoms with Crippen molar-refractivity contribution >= 4 is 39.3 Å². The highest BCUT2D eigenvalue weighted by Gasteiger charge is 2.15. The summed E-state index contributed by atoms with van der Waals surface area (Å²) in [5.74, 6) is 0.907. The highest BCUT2D eigenvalue weighted by molar-refractivity contribution is 9.10. The fourth-order valence-corrected chi connectivity index (χ4v) is 2.71. The van der Waals surface area contributed by atoms with Crippen LogP contribution in [0.15, 0.2) is 22.7 Å². The molecule has 0 spiro atoms. The zero-order valence-corrected chi connectivity index (χ0v) is 14.3. The van der Waals surface area contributed by atoms with E-state index in [1.165, 1.54) is 30.7 Å². The number of nitro benzene ring substituents is 1. The Morgan fingerprint density at radius 1 is 1.33 bits per heavy atom. The van der Waals surface area contributed by atoms with E-state index in [1.54, 1.807) is 6.07 Å². The van der Waals surface area contributed by atoms with Gasteiger partial charge in [-0.15, -0.1) is 0 Å². The normalized spacial score (nSPS) is 10.4. The third kappa shape index (κ3) is 6.48. The molecule has 0 aromatic heterocycles. The Labute approximate surface area is 137 Å². The number of hydrogen-bond donors (Lipinski definition) is 1. The standard InChI is InChI=1S/C14H19BrN2O3S/c1-21-9-5-3-2-4-8-16-14(18)11-6-7-12(15)13(10-11)17(19)20/h6-7,10H,2-5,8-9H2,1H3,(H,16,18). The maximum atomic E-state index is 11.9. The van der Waals surface area contributed by atoms with E-state index in [2.05, 4.69) is 27.5 Å². The van der Waals surface area contributed by atoms with E-state index in [1.807, 2.05) is 11.8 Å². The van der Waals surface area contributed by atoms with Crippen molar-refractivity contribution in [3.8, 4) is 0 Å². The monoisotopic (exact) mass is 374 g/mol. The third-order valence-electron chi connectivity index (χ3n) is 2.97. The molecule has 5 nitrogen and oxygen atoms in total. The molecule has 0 radical (unpaired) electrons. The minimum Gasteiger partial charge on any atom is -0.352 e. The number of amides is 1. The van der Waals surface area contributed by atoms with Gasteiger partial charge in [-0.3, -0.25) is 14.9 Å². The van der Waals surface area contributed by atoms with Crippen LogP contribution in [-0.2, 0) is 0 Å². The summed E-state index contributed by atoms with van der Waals surface area (Å²) in [5, 5.41) is 13.6. The predicted molar refractivity (Wildman–Crippen MR) is 90.0 cm³/mol. The number of nitro groups is 1. The molecule has 0 aliphatic heterocycles. The summed E-state index contributed by atoms with van der Waals surface area (Å²) in [6.07, 6.45) is 6.48. The van der Waals surface area contributed by atoms with Crippen molar-refractivity contribution in [2.45, 2.75) is 25.7 Å². The Balaban J connectivity index is 2.39. The van der Waals surface area contributed by atoms with Gasteiger partial charge in [-0.2, -0.15) is 11.8 Å². The summed E-state index contributed by atoms with van der Waals surface area (Å²) in [6.45, 7) is 0.599. The van der Waals surface area contributed by atoms with E-state index in [4.69, 9.17) is 0 Å². The molecule has 0 heterocycles. The number of nitrogens with one attached hydrogen (secondary N) is 1. The highest BCUT2D eigenvalue weighted by Crippen LogP contribution is 2.25. The average molecular weight is 375 g/mol. The van der Waals surface area contributed by atoms with Gasteiger partial charge >= 0.3 is 0 Å². The first-order chi connectivity index (χ1) is 10.1. The van der Waals surface area contributed by atoms with E-state index in [0.29, 0.717) is 16.6 Å². The molecule has 0 aliphatic carbocycles. The first-order valence-electron chi connectivity index (χ1n) is 6.77. The maximum Gasteiger partial charge on any atom is 0.284 e. The summed E-state index contributed by atoms with van der Waals surface area (Å²) in [6, 6.07) is 4.39. The lowest BCUT2D eigenvalue weighted by atomic mass is 10.1. The number of carbonyl (C=O) groups excluding carboxylic acids is 1. The van der Waals surface area contributed by atoms with E-state index in [9.17, 15) is 14.9 Å². The second kappa shape index (κ2) is 9.78. The number of carbonyl (C=O) groups is 1. The van der Waals surface area contributed by atoms with Crippen molar-refractivity contribution in [3.63, 3.8) is 0 Å². The van der Waals surface area contributed by atoms with Crippen molar-refractivity contribution in [1.82, 2.24) is 5.32 Å². The largest absolute Gasteiger partial charge is 0.352 e. The molecular weight excluding hydrogens is 356 g/mol. The van der Waals surface area contributed by atoms with Crippen LogP contribution < -0.4 is 5.32 Å². The molecule has 0 aliphatic rings. The fourth-order valence-electron chi connectivity index (χ4n) is 1.82. The Morgan fingerprint density at radius 3 is 2.71 bits per heavy atom. The van der Waals surface area contributed by atoms with E-state index >= 15 is 0 Å². The van der Waals surface area contributed by atoms with Crippen LogP contribution in [0.4, 0.5) is 5.69 Å². The van der Waals surface area contributed by atoms with Crippen molar-refractivity contribution in [3.05, 3.63) is 38.3 Å². The Hall–Kier alpha value is -1.08. The van der Waals surface area contributed by atoms with Crippen molar-refractivity contribution in [2.24, 2.45) is 0 Å². The smallest absolute Gasteiger partial charge is 0.284 e. The molecule has 1 aromatic carbocycles. The van der Waals surface area contributed by atoms with Crippen LogP contribution in [0.25, 0.3) is 0 Å². The van der Waals surface area contributed by atoms with Crippen molar-refractivity contribution < 1.29 is 9.72 Å². The SMILES string of the molecule is CSCCCCCCNC(=O)c1ccc(Br)c([N+](=O)[O-])c1. The van der Waals surface area contributed by atoms with E-state index < -0.39 is 4.92 Å². The quantitative estimate of drug-likeness (QED) is 0.402. The second-order valence-electron chi connectivity index (χ2n) is 4.59. The number of nitrogens with zero attached hydrogens (tertiary/aromatic N) is 1. The first-order valence-corrected chi connectivity index (χ1v) is 8.96. The van der Waals surface area contributed by atoms with Crippen molar-refractivity contribution in [1.29, 1.82) is 0 Å². The summed E-state index contributed by atoms with van der Waals surface area (Å²) in [5.41, 5.74) is 0.215. The maximum absolute atomic E-state index is 11.9. The van der Waals surface area contributed by atoms with Crippen LogP contribution in [0.2, 0.25) is 0 Å². The van der Waals surface area contributed by atoms with Gasteiger partial charge < -0.3 is 5.32 Å². The molecule has 0 bridgehead atoms. The average Bonchev–Trinajstić information content (AvgIpc) is 2.46. The highest BCUT2D eigenvalue weighted by atomic mass is 79.9. The zero-order chi connectivity index (χ0) is 15.7. The van der Waals surface area contributed by atoms with Crippen LogP contribution in [0.5, 0.6) is 0 Å². The Bertz CT molecular complexity index is 497. The predicted octanol–water partition coefficient (Wildman–Crippen LogP) is 4.01. The molecule has 0 fully saturated rings. The van der Waals surface area contributed by atoms with Gasteiger partial charge in [0.1, 0.15) is 0 Å². The molecule has 1 N–H and O–H groups in total. The molecule has 21 heavy (non-hydrogen) atoms. The van der Waals surface area contributed by atoms with Gasteiger partial charge in [0.15, 0.2) is 0 Å². The van der Waals surface area contributed by atoms with E-state index in [-0.39, 0.29) is 11.6 Å². The fraction of sp³-hybridized carbons (Fsp3) is 0.500. The van der Waals surface area contributed by atoms with Gasteiger partial charge in [0, 0.05) is 18.2 Å². The van der Waals surface area contributed by atoms with Crippen LogP contribution in [0, 0.1) is 10.1 Å². The topological polar surface area (TPSA) is 72.2 Å². The lowest BCUT2D eigenvalue weighted by Crippen LogP contribution is -2.24. The van der Waals surface area contributed by atoms with Crippen LogP contribution in [-0.4, -0.2) is 29.4 Å². The van der Waals surface area contributed by atoms with Crippen LogP contribution in [0.1, 0.15) is 36.0 Å². The van der Waals surface area contributed by atoms with Gasteiger partial charge in [-0.25, -0.2) is 0 Å². The lowest BCUT2D eigenvalue weighted by Gasteiger charge is -2.06. The summed E-state index contributed by atoms with van der Waals surface area (Å²) < 4.78 is 0.373. The molecule has 0 atom stereocenters. The van der Waals surface area contributed by atoms with Gasteiger partial charge in [-0.05, 0) is 52.9 Å². The summed E-state index contributed by atoms with van der Waals surface area (Å²) >= 11 is 4.94. The van der Waals surface area contributed by atoms with Crippen LogP contribution in [0.3, 0.4) is 0 Å². The number of halogens is 1.